The summed E-state index contributed by atoms with van der Waals surface area (Å²) >= 11 is 0. The zero-order chi connectivity index (χ0) is 11.3. The van der Waals surface area contributed by atoms with Crippen LogP contribution in [0.25, 0.3) is 0 Å². The minimum Gasteiger partial charge on any atom is -0.383 e. The molecule has 4 atom stereocenters. The Bertz CT molecular complexity index is 315. The number of imide groups is 1. The number of nitrogens with zero attached hydrogens (tertiary/aromatic N) is 1. The Morgan fingerprint density at radius 2 is 1.81 bits per heavy atom. The van der Waals surface area contributed by atoms with Crippen LogP contribution in [0.2, 0.25) is 0 Å². The van der Waals surface area contributed by atoms with E-state index in [4.69, 9.17) is 9.47 Å². The van der Waals surface area contributed by atoms with Crippen LogP contribution < -0.4 is 0 Å². The summed E-state index contributed by atoms with van der Waals surface area (Å²) in [6.07, 6.45) is 1.81. The van der Waals surface area contributed by atoms with Crippen LogP contribution in [0, 0.1) is 11.8 Å². The Kier molecular flexibility index (Phi) is 2.26. The van der Waals surface area contributed by atoms with Gasteiger partial charge in [0.25, 0.3) is 0 Å². The maximum Gasteiger partial charge on any atom is 0.235 e. The smallest absolute Gasteiger partial charge is 0.235 e. The van der Waals surface area contributed by atoms with E-state index in [0.29, 0.717) is 13.2 Å². The number of fused-ring (bicyclic) bond motifs is 5. The average molecular weight is 225 g/mol. The van der Waals surface area contributed by atoms with Gasteiger partial charge < -0.3 is 9.47 Å². The lowest BCUT2D eigenvalue weighted by atomic mass is 9.81. The first kappa shape index (κ1) is 10.2. The molecule has 3 rings (SSSR count). The number of rotatable bonds is 3. The van der Waals surface area contributed by atoms with E-state index in [0.717, 1.165) is 12.8 Å². The van der Waals surface area contributed by atoms with Crippen molar-refractivity contribution in [3.8, 4) is 0 Å². The van der Waals surface area contributed by atoms with Gasteiger partial charge >= 0.3 is 0 Å². The maximum atomic E-state index is 12.1. The number of hydrogen-bond donors (Lipinski definition) is 0. The van der Waals surface area contributed by atoms with Gasteiger partial charge in [-0.15, -0.1) is 0 Å². The number of methoxy groups -OCH3 is 1. The fraction of sp³-hybridized carbons (Fsp3) is 0.818. The molecule has 2 bridgehead atoms. The molecule has 0 spiro atoms. The fourth-order valence-electron chi connectivity index (χ4n) is 3.18. The fourth-order valence-corrected chi connectivity index (χ4v) is 3.18. The van der Waals surface area contributed by atoms with E-state index in [1.807, 2.05) is 0 Å². The van der Waals surface area contributed by atoms with Gasteiger partial charge in [0.1, 0.15) is 0 Å². The highest BCUT2D eigenvalue weighted by Gasteiger charge is 2.62. The number of likely N-dealkylation sites (tertiary alicyclic amines) is 1. The number of carbonyl (C=O) groups is 2. The molecule has 0 radical (unpaired) electrons. The number of amides is 2. The SMILES string of the molecule is COCCN1C(=O)C2C3CCC(O3)C2C1=O. The van der Waals surface area contributed by atoms with E-state index in [9.17, 15) is 9.59 Å². The van der Waals surface area contributed by atoms with Crippen molar-refractivity contribution in [1.29, 1.82) is 0 Å². The third kappa shape index (κ3) is 1.18. The Labute approximate surface area is 93.7 Å². The molecule has 3 aliphatic rings. The zero-order valence-electron chi connectivity index (χ0n) is 9.22. The predicted octanol–water partition coefficient (Wildman–Crippen LogP) is -0.205. The van der Waals surface area contributed by atoms with Gasteiger partial charge in [-0.1, -0.05) is 0 Å². The second-order valence-electron chi connectivity index (χ2n) is 4.66. The first-order chi connectivity index (χ1) is 7.74. The van der Waals surface area contributed by atoms with Gasteiger partial charge in [-0.05, 0) is 12.8 Å². The highest BCUT2D eigenvalue weighted by molar-refractivity contribution is 6.06. The summed E-state index contributed by atoms with van der Waals surface area (Å²) in [6, 6.07) is 0. The van der Waals surface area contributed by atoms with Crippen molar-refractivity contribution in [1.82, 2.24) is 4.90 Å². The Balaban J connectivity index is 1.81. The molecular formula is C11H15NO4. The summed E-state index contributed by atoms with van der Waals surface area (Å²) in [7, 11) is 1.57. The topological polar surface area (TPSA) is 55.8 Å². The number of carbonyl (C=O) groups excluding carboxylic acids is 2. The molecule has 4 unspecified atom stereocenters. The predicted molar refractivity (Wildman–Crippen MR) is 53.5 cm³/mol. The lowest BCUT2D eigenvalue weighted by Gasteiger charge is -2.16. The average Bonchev–Trinajstić information content (AvgIpc) is 2.92. The van der Waals surface area contributed by atoms with Crippen LogP contribution in [0.15, 0.2) is 0 Å². The Morgan fingerprint density at radius 3 is 2.31 bits per heavy atom. The second kappa shape index (κ2) is 3.53. The standard InChI is InChI=1S/C11H15NO4/c1-15-5-4-12-10(13)8-6-2-3-7(16-6)9(8)11(12)14/h6-9H,2-5H2,1H3. The van der Waals surface area contributed by atoms with Gasteiger partial charge in [0.05, 0.1) is 37.2 Å². The van der Waals surface area contributed by atoms with E-state index < -0.39 is 0 Å². The molecule has 3 aliphatic heterocycles. The van der Waals surface area contributed by atoms with Crippen LogP contribution in [0.3, 0.4) is 0 Å². The molecule has 3 saturated heterocycles. The molecule has 0 aromatic heterocycles. The van der Waals surface area contributed by atoms with Gasteiger partial charge in [0.2, 0.25) is 11.8 Å². The lowest BCUT2D eigenvalue weighted by molar-refractivity contribution is -0.143. The molecular weight excluding hydrogens is 210 g/mol. The molecule has 0 saturated carbocycles. The van der Waals surface area contributed by atoms with Crippen molar-refractivity contribution >= 4 is 11.8 Å². The summed E-state index contributed by atoms with van der Waals surface area (Å²) < 4.78 is 10.5. The molecule has 16 heavy (non-hydrogen) atoms. The number of ether oxygens (including phenoxy) is 2. The lowest BCUT2D eigenvalue weighted by Crippen LogP contribution is -2.36. The molecule has 88 valence electrons. The molecule has 2 amide bonds. The molecule has 3 heterocycles. The van der Waals surface area contributed by atoms with Gasteiger partial charge in [0, 0.05) is 7.11 Å². The first-order valence-electron chi connectivity index (χ1n) is 5.73. The summed E-state index contributed by atoms with van der Waals surface area (Å²) in [5, 5.41) is 0. The molecule has 0 aliphatic carbocycles. The van der Waals surface area contributed by atoms with Crippen molar-refractivity contribution in [2.45, 2.75) is 25.0 Å². The first-order valence-corrected chi connectivity index (χ1v) is 5.73. The number of hydrogen-bond acceptors (Lipinski definition) is 4. The highest BCUT2D eigenvalue weighted by Crippen LogP contribution is 2.48. The van der Waals surface area contributed by atoms with Gasteiger partial charge in [-0.2, -0.15) is 0 Å². The van der Waals surface area contributed by atoms with Crippen LogP contribution in [0.1, 0.15) is 12.8 Å². The van der Waals surface area contributed by atoms with Crippen molar-refractivity contribution < 1.29 is 19.1 Å². The van der Waals surface area contributed by atoms with E-state index in [2.05, 4.69) is 0 Å². The van der Waals surface area contributed by atoms with Crippen LogP contribution >= 0.6 is 0 Å². The van der Waals surface area contributed by atoms with E-state index in [1.165, 1.54) is 4.90 Å². The maximum absolute atomic E-state index is 12.1. The monoisotopic (exact) mass is 225 g/mol. The van der Waals surface area contributed by atoms with Crippen molar-refractivity contribution in [3.05, 3.63) is 0 Å². The quantitative estimate of drug-likeness (QED) is 0.624. The Morgan fingerprint density at radius 1 is 1.25 bits per heavy atom. The minimum absolute atomic E-state index is 0.0148. The molecule has 0 N–H and O–H groups in total. The van der Waals surface area contributed by atoms with E-state index in [1.54, 1.807) is 7.11 Å². The third-order valence-electron chi connectivity index (χ3n) is 3.89. The van der Waals surface area contributed by atoms with Gasteiger partial charge in [-0.25, -0.2) is 0 Å². The second-order valence-corrected chi connectivity index (χ2v) is 4.66. The van der Waals surface area contributed by atoms with Crippen LogP contribution in [-0.2, 0) is 19.1 Å². The molecule has 5 heteroatoms. The van der Waals surface area contributed by atoms with Crippen molar-refractivity contribution in [2.75, 3.05) is 20.3 Å². The summed E-state index contributed by atoms with van der Waals surface area (Å²) in [5.74, 6) is -0.523. The van der Waals surface area contributed by atoms with E-state index in [-0.39, 0.29) is 35.9 Å². The van der Waals surface area contributed by atoms with Crippen LogP contribution in [0.4, 0.5) is 0 Å². The molecule has 5 nitrogen and oxygen atoms in total. The zero-order valence-corrected chi connectivity index (χ0v) is 9.22. The van der Waals surface area contributed by atoms with Crippen molar-refractivity contribution in [3.63, 3.8) is 0 Å². The normalized spacial score (nSPS) is 40.9. The van der Waals surface area contributed by atoms with Gasteiger partial charge in [-0.3, -0.25) is 14.5 Å². The summed E-state index contributed by atoms with van der Waals surface area (Å²) in [6.45, 7) is 0.785. The third-order valence-corrected chi connectivity index (χ3v) is 3.89. The highest BCUT2D eigenvalue weighted by atomic mass is 16.5. The summed E-state index contributed by atoms with van der Waals surface area (Å²) in [4.78, 5) is 25.5. The molecule has 3 fully saturated rings. The minimum atomic E-state index is -0.205. The van der Waals surface area contributed by atoms with E-state index >= 15 is 0 Å². The summed E-state index contributed by atoms with van der Waals surface area (Å²) in [5.41, 5.74) is 0. The Hall–Kier alpha value is -0.940. The largest absolute Gasteiger partial charge is 0.383 e. The molecule has 0 aromatic rings. The van der Waals surface area contributed by atoms with Gasteiger partial charge in [0.15, 0.2) is 0 Å². The van der Waals surface area contributed by atoms with Crippen LogP contribution in [-0.4, -0.2) is 49.2 Å². The van der Waals surface area contributed by atoms with Crippen LogP contribution in [0.5, 0.6) is 0 Å². The molecule has 0 aromatic carbocycles. The van der Waals surface area contributed by atoms with Crippen molar-refractivity contribution in [2.24, 2.45) is 11.8 Å².